The Morgan fingerprint density at radius 3 is 1.95 bits per heavy atom. The molecule has 1 saturated carbocycles. The van der Waals surface area contributed by atoms with E-state index in [0.29, 0.717) is 43.1 Å². The number of phosphoric ester groups is 1. The Labute approximate surface area is 372 Å². The van der Waals surface area contributed by atoms with Crippen molar-refractivity contribution in [3.63, 3.8) is 0 Å². The third-order valence-corrected chi connectivity index (χ3v) is 11.2. The first-order chi connectivity index (χ1) is 29.6. The van der Waals surface area contributed by atoms with Gasteiger partial charge in [-0.3, -0.25) is 23.4 Å². The van der Waals surface area contributed by atoms with Crippen LogP contribution in [0.4, 0.5) is 0 Å². The number of aliphatic hydroxyl groups is 3. The molecule has 1 aliphatic rings. The van der Waals surface area contributed by atoms with E-state index in [1.807, 2.05) is 33.3 Å². The van der Waals surface area contributed by atoms with Gasteiger partial charge in [-0.2, -0.15) is 0 Å². The maximum atomic E-state index is 12.9. The monoisotopic (exact) mass is 895 g/mol. The number of allylic oxidation sites excluding steroid dienone is 10. The number of likely N-dealkylation sites (N-methyl/N-ethyl adjacent to an activating group) is 1. The van der Waals surface area contributed by atoms with Gasteiger partial charge in [-0.05, 0) is 64.2 Å². The van der Waals surface area contributed by atoms with E-state index in [2.05, 4.69) is 62.5 Å². The lowest BCUT2D eigenvalue weighted by molar-refractivity contribution is -0.870. The molecule has 1 aliphatic carbocycles. The van der Waals surface area contributed by atoms with Gasteiger partial charge in [0.1, 0.15) is 25.5 Å². The molecule has 1 rings (SSSR count). The molecule has 4 N–H and O–H groups in total. The van der Waals surface area contributed by atoms with Crippen LogP contribution in [0, 0.1) is 11.8 Å². The summed E-state index contributed by atoms with van der Waals surface area (Å²) in [6.07, 6.45) is 31.7. The predicted molar refractivity (Wildman–Crippen MR) is 245 cm³/mol. The standard InChI is InChI=1S/C48H80NO12P/c1-6-8-10-11-12-13-14-15-16-17-18-19-20-21-22-23-25-31-48(55)61-42(39-60-62(56,57)59-35-34-49(3,4)5)38-58-47(54)30-27-26-29-41(51)36-44-43(45(52)37-46(44)53)33-32-40(50)28-24-9-7-2/h8,10,12-13,15-16,18-19,21-22,32-33,40,42-46,50,52-53H,6-7,9,11,14,17,20,23-31,34-39H2,1-5H3/p+1/b10-8-,13-12-,16-15-,19-18-,22-21-,33-32+/t40-,42+,43+,44+,45+,46-/m0/s1. The Balaban J connectivity index is 2.56. The molecule has 0 bridgehead atoms. The lowest BCUT2D eigenvalue weighted by atomic mass is 9.87. The number of hydrogen-bond acceptors (Lipinski definition) is 11. The quantitative estimate of drug-likeness (QED) is 0.0155. The maximum absolute atomic E-state index is 12.9. The Morgan fingerprint density at radius 1 is 0.742 bits per heavy atom. The fourth-order valence-electron chi connectivity index (χ4n) is 6.57. The van der Waals surface area contributed by atoms with Crippen LogP contribution in [0.15, 0.2) is 72.9 Å². The summed E-state index contributed by atoms with van der Waals surface area (Å²) in [6, 6.07) is 0. The molecule has 0 amide bonds. The van der Waals surface area contributed by atoms with E-state index in [1.165, 1.54) is 0 Å². The molecule has 0 spiro atoms. The fraction of sp³-hybridized carbons (Fsp3) is 0.688. The zero-order valence-electron chi connectivity index (χ0n) is 38.4. The third kappa shape index (κ3) is 30.9. The molecule has 0 aromatic heterocycles. The zero-order valence-corrected chi connectivity index (χ0v) is 39.3. The summed E-state index contributed by atoms with van der Waals surface area (Å²) in [5.41, 5.74) is 0. The fourth-order valence-corrected chi connectivity index (χ4v) is 7.32. The van der Waals surface area contributed by atoms with E-state index in [0.717, 1.165) is 51.4 Å². The molecule has 0 aliphatic heterocycles. The van der Waals surface area contributed by atoms with Crippen LogP contribution < -0.4 is 0 Å². The highest BCUT2D eigenvalue weighted by Crippen LogP contribution is 2.43. The lowest BCUT2D eigenvalue weighted by Gasteiger charge is -2.24. The van der Waals surface area contributed by atoms with Crippen LogP contribution in [0.1, 0.15) is 129 Å². The number of ether oxygens (including phenoxy) is 2. The summed E-state index contributed by atoms with van der Waals surface area (Å²) in [7, 11) is 1.22. The van der Waals surface area contributed by atoms with Crippen molar-refractivity contribution in [1.82, 2.24) is 0 Å². The van der Waals surface area contributed by atoms with Gasteiger partial charge in [-0.15, -0.1) is 0 Å². The van der Waals surface area contributed by atoms with Crippen LogP contribution in [0.3, 0.4) is 0 Å². The molecule has 1 unspecified atom stereocenters. The number of hydrogen-bond donors (Lipinski definition) is 4. The van der Waals surface area contributed by atoms with E-state index in [1.54, 1.807) is 12.2 Å². The van der Waals surface area contributed by atoms with E-state index in [-0.39, 0.29) is 44.5 Å². The van der Waals surface area contributed by atoms with E-state index in [4.69, 9.17) is 18.5 Å². The van der Waals surface area contributed by atoms with E-state index >= 15 is 0 Å². The van der Waals surface area contributed by atoms with Crippen molar-refractivity contribution in [2.45, 2.75) is 154 Å². The molecule has 7 atom stereocenters. The van der Waals surface area contributed by atoms with Gasteiger partial charge in [0.25, 0.3) is 0 Å². The summed E-state index contributed by atoms with van der Waals surface area (Å²) >= 11 is 0. The van der Waals surface area contributed by atoms with Gasteiger partial charge in [-0.1, -0.05) is 106 Å². The number of esters is 2. The molecule has 0 saturated heterocycles. The molecule has 0 aromatic carbocycles. The molecule has 13 nitrogen and oxygen atoms in total. The second kappa shape index (κ2) is 34.4. The third-order valence-electron chi connectivity index (χ3n) is 10.2. The minimum atomic E-state index is -4.49. The van der Waals surface area contributed by atoms with Crippen molar-refractivity contribution in [2.75, 3.05) is 47.5 Å². The van der Waals surface area contributed by atoms with Crippen molar-refractivity contribution in [3.8, 4) is 0 Å². The lowest BCUT2D eigenvalue weighted by Crippen LogP contribution is -2.37. The van der Waals surface area contributed by atoms with Crippen molar-refractivity contribution in [2.24, 2.45) is 11.8 Å². The first-order valence-electron chi connectivity index (χ1n) is 22.8. The molecule has 0 heterocycles. The summed E-state index contributed by atoms with van der Waals surface area (Å²) < 4.78 is 34.1. The molecular formula is C48H81NO12P+. The Kier molecular flexibility index (Phi) is 31.6. The highest BCUT2D eigenvalue weighted by Gasteiger charge is 2.41. The highest BCUT2D eigenvalue weighted by molar-refractivity contribution is 7.47. The Morgan fingerprint density at radius 2 is 1.34 bits per heavy atom. The van der Waals surface area contributed by atoms with Crippen LogP contribution in [0.5, 0.6) is 0 Å². The number of phosphoric acid groups is 1. The maximum Gasteiger partial charge on any atom is 0.472 e. The zero-order chi connectivity index (χ0) is 46.1. The topological polar surface area (TPSA) is 186 Å². The average molecular weight is 895 g/mol. The minimum Gasteiger partial charge on any atom is -0.462 e. The van der Waals surface area contributed by atoms with Crippen LogP contribution in [0.25, 0.3) is 0 Å². The number of ketones is 1. The Bertz CT molecular complexity index is 1470. The number of nitrogens with zero attached hydrogens (tertiary/aromatic N) is 1. The molecule has 354 valence electrons. The second-order valence-electron chi connectivity index (χ2n) is 17.0. The number of quaternary nitrogens is 1. The van der Waals surface area contributed by atoms with E-state index in [9.17, 15) is 39.2 Å². The summed E-state index contributed by atoms with van der Waals surface area (Å²) in [5, 5.41) is 31.4. The Hall–Kier alpha value is -3.00. The van der Waals surface area contributed by atoms with Crippen molar-refractivity contribution >= 4 is 25.5 Å². The van der Waals surface area contributed by atoms with Gasteiger partial charge >= 0.3 is 19.8 Å². The van der Waals surface area contributed by atoms with Gasteiger partial charge in [0.2, 0.25) is 0 Å². The van der Waals surface area contributed by atoms with Gasteiger partial charge in [-0.25, -0.2) is 4.57 Å². The van der Waals surface area contributed by atoms with Crippen LogP contribution in [-0.2, 0) is 37.5 Å². The largest absolute Gasteiger partial charge is 0.472 e. The predicted octanol–water partition coefficient (Wildman–Crippen LogP) is 8.58. The summed E-state index contributed by atoms with van der Waals surface area (Å²) in [6.45, 7) is 3.68. The van der Waals surface area contributed by atoms with Crippen LogP contribution in [0.2, 0.25) is 0 Å². The number of aliphatic hydroxyl groups excluding tert-OH is 3. The molecular weight excluding hydrogens is 813 g/mol. The number of carbonyl (C=O) groups is 3. The summed E-state index contributed by atoms with van der Waals surface area (Å²) in [4.78, 5) is 48.4. The van der Waals surface area contributed by atoms with E-state index < -0.39 is 69.2 Å². The number of Topliss-reactive ketones (excluding diaryl/α,β-unsaturated/α-hetero) is 1. The molecule has 62 heavy (non-hydrogen) atoms. The van der Waals surface area contributed by atoms with Gasteiger partial charge in [0, 0.05) is 43.9 Å². The first-order valence-corrected chi connectivity index (χ1v) is 24.3. The number of carbonyl (C=O) groups excluding carboxylic acids is 3. The van der Waals surface area contributed by atoms with Crippen molar-refractivity contribution < 1.29 is 62.2 Å². The molecule has 0 aromatic rings. The minimum absolute atomic E-state index is 0.0131. The van der Waals surface area contributed by atoms with Gasteiger partial charge in [0.05, 0.1) is 46.1 Å². The smallest absolute Gasteiger partial charge is 0.462 e. The van der Waals surface area contributed by atoms with Crippen LogP contribution in [-0.4, -0.2) is 114 Å². The molecule has 0 radical (unpaired) electrons. The van der Waals surface area contributed by atoms with Crippen LogP contribution >= 0.6 is 7.82 Å². The number of unbranched alkanes of at least 4 members (excludes halogenated alkanes) is 4. The first kappa shape index (κ1) is 57.0. The molecule has 1 fully saturated rings. The van der Waals surface area contributed by atoms with Gasteiger partial charge in [0.15, 0.2) is 6.10 Å². The van der Waals surface area contributed by atoms with Gasteiger partial charge < -0.3 is 34.2 Å². The summed E-state index contributed by atoms with van der Waals surface area (Å²) in [5.74, 6) is -2.16. The average Bonchev–Trinajstić information content (AvgIpc) is 3.47. The number of rotatable bonds is 36. The normalized spacial score (nSPS) is 20.7. The van der Waals surface area contributed by atoms with Crippen molar-refractivity contribution in [3.05, 3.63) is 72.9 Å². The van der Waals surface area contributed by atoms with Crippen molar-refractivity contribution in [1.29, 1.82) is 0 Å². The SMILES string of the molecule is CC/C=C\C/C=C\C/C=C\C/C=C\C/C=C\CCCC(=O)O[C@H](COC(=O)CCCCC(=O)C[C@@H]1[C@@H](/C=C/[C@@H](O)CCCCC)[C@H](O)C[C@@H]1O)COP(=O)(O)OCC[N+](C)(C)C. The molecule has 14 heteroatoms. The highest BCUT2D eigenvalue weighted by atomic mass is 31.2. The second-order valence-corrected chi connectivity index (χ2v) is 18.5.